The Hall–Kier alpha value is -2.68. The number of nitrogens with zero attached hydrogens (tertiary/aromatic N) is 2. The van der Waals surface area contributed by atoms with E-state index in [4.69, 9.17) is 42.9 Å². The summed E-state index contributed by atoms with van der Waals surface area (Å²) in [6, 6.07) is 6.94. The van der Waals surface area contributed by atoms with Crippen molar-refractivity contribution >= 4 is 17.7 Å². The zero-order chi connectivity index (χ0) is 46.8. The number of ether oxygens (including phenoxy) is 8. The monoisotopic (exact) mass is 895 g/mol. The number of benzene rings is 1. The Kier molecular flexibility index (Phi) is 16.7. The number of nitrogens with one attached hydrogen (secondary N) is 2. The molecule has 4 fully saturated rings. The molecule has 0 aliphatic carbocycles. The topological polar surface area (TPSA) is 211 Å². The Morgan fingerprint density at radius 3 is 2.24 bits per heavy atom. The molecule has 6 N–H and O–H groups in total. The fourth-order valence-electron chi connectivity index (χ4n) is 10.2. The summed E-state index contributed by atoms with van der Waals surface area (Å²) in [6.45, 7) is 18.3. The van der Waals surface area contributed by atoms with Gasteiger partial charge in [0, 0.05) is 39.1 Å². The second kappa shape index (κ2) is 20.5. The van der Waals surface area contributed by atoms with Crippen LogP contribution in [-0.2, 0) is 38.0 Å². The van der Waals surface area contributed by atoms with E-state index in [1.54, 1.807) is 55.7 Å². The third kappa shape index (κ3) is 10.8. The number of carbonyl (C=O) groups excluding carboxylic acids is 1. The predicted molar refractivity (Wildman–Crippen MR) is 235 cm³/mol. The van der Waals surface area contributed by atoms with Gasteiger partial charge in [-0.05, 0) is 112 Å². The summed E-state index contributed by atoms with van der Waals surface area (Å²) < 4.78 is 51.0. The summed E-state index contributed by atoms with van der Waals surface area (Å²) in [5.74, 6) is -1.97. The minimum atomic E-state index is -1.82. The molecule has 0 radical (unpaired) electrons. The smallest absolute Gasteiger partial charge is 0.311 e. The lowest BCUT2D eigenvalue weighted by atomic mass is 9.75. The molecule has 1 aromatic rings. The van der Waals surface area contributed by atoms with Gasteiger partial charge >= 0.3 is 5.97 Å². The third-order valence-electron chi connectivity index (χ3n) is 14.3. The second-order valence-corrected chi connectivity index (χ2v) is 19.4. The molecular formula is C46H78N4O13. The number of rotatable bonds is 10. The van der Waals surface area contributed by atoms with Gasteiger partial charge in [0.05, 0.1) is 54.8 Å². The van der Waals surface area contributed by atoms with Crippen molar-refractivity contribution in [2.45, 2.75) is 185 Å². The summed E-state index contributed by atoms with van der Waals surface area (Å²) in [7, 11) is 6.79. The molecule has 18 atom stereocenters. The van der Waals surface area contributed by atoms with E-state index < -0.39 is 95.5 Å². The van der Waals surface area contributed by atoms with Crippen LogP contribution in [0.15, 0.2) is 29.3 Å². The molecule has 63 heavy (non-hydrogen) atoms. The van der Waals surface area contributed by atoms with Gasteiger partial charge in [-0.1, -0.05) is 20.8 Å². The average molecular weight is 895 g/mol. The van der Waals surface area contributed by atoms with Gasteiger partial charge in [0.15, 0.2) is 18.7 Å². The first-order valence-electron chi connectivity index (χ1n) is 22.7. The van der Waals surface area contributed by atoms with Crippen LogP contribution in [0, 0.1) is 17.8 Å². The number of cyclic esters (lactones) is 1. The molecule has 0 spiro atoms. The lowest BCUT2D eigenvalue weighted by Crippen LogP contribution is -2.69. The van der Waals surface area contributed by atoms with Crippen LogP contribution in [0.2, 0.25) is 0 Å². The molecule has 1 aromatic carbocycles. The zero-order valence-corrected chi connectivity index (χ0v) is 40.0. The Morgan fingerprint density at radius 2 is 1.63 bits per heavy atom. The highest BCUT2D eigenvalue weighted by Crippen LogP contribution is 2.44. The van der Waals surface area contributed by atoms with Crippen molar-refractivity contribution in [3.63, 3.8) is 0 Å². The van der Waals surface area contributed by atoms with E-state index in [2.05, 4.69) is 10.6 Å². The van der Waals surface area contributed by atoms with Gasteiger partial charge < -0.3 is 73.9 Å². The van der Waals surface area contributed by atoms with E-state index in [9.17, 15) is 25.2 Å². The molecule has 4 aliphatic rings. The predicted octanol–water partition coefficient (Wildman–Crippen LogP) is 3.25. The molecule has 4 heterocycles. The average Bonchev–Trinajstić information content (AvgIpc) is 3.54. The molecule has 4 aliphatic heterocycles. The van der Waals surface area contributed by atoms with Crippen LogP contribution in [-0.4, -0.2) is 169 Å². The van der Waals surface area contributed by atoms with Crippen molar-refractivity contribution < 1.29 is 63.1 Å². The molecular weight excluding hydrogens is 817 g/mol. The Labute approximate surface area is 374 Å². The Balaban J connectivity index is 1.57. The van der Waals surface area contributed by atoms with E-state index in [0.29, 0.717) is 30.4 Å². The maximum Gasteiger partial charge on any atom is 0.311 e. The first-order chi connectivity index (χ1) is 29.5. The van der Waals surface area contributed by atoms with Gasteiger partial charge in [0.25, 0.3) is 6.02 Å². The Morgan fingerprint density at radius 1 is 0.968 bits per heavy atom. The normalized spacial score (nSPS) is 45.1. The minimum absolute atomic E-state index is 0.0848. The van der Waals surface area contributed by atoms with Crippen molar-refractivity contribution in [3.05, 3.63) is 24.3 Å². The summed E-state index contributed by atoms with van der Waals surface area (Å²) in [5.41, 5.74) is -5.32. The number of fused-ring (bicyclic) bond motifs is 1. The zero-order valence-electron chi connectivity index (χ0n) is 40.0. The highest BCUT2D eigenvalue weighted by molar-refractivity contribution is 5.79. The summed E-state index contributed by atoms with van der Waals surface area (Å²) >= 11 is 0. The van der Waals surface area contributed by atoms with Crippen LogP contribution in [0.4, 0.5) is 5.69 Å². The second-order valence-electron chi connectivity index (χ2n) is 19.4. The molecule has 0 saturated carbocycles. The number of hydrogen-bond donors (Lipinski definition) is 6. The number of aliphatic hydroxyl groups excluding tert-OH is 1. The summed E-state index contributed by atoms with van der Waals surface area (Å²) in [5, 5.41) is 54.4. The van der Waals surface area contributed by atoms with Gasteiger partial charge in [-0.25, -0.2) is 0 Å². The molecule has 0 bridgehead atoms. The van der Waals surface area contributed by atoms with E-state index in [-0.39, 0.29) is 43.9 Å². The molecule has 5 rings (SSSR count). The van der Waals surface area contributed by atoms with Crippen molar-refractivity contribution in [1.82, 2.24) is 15.5 Å². The van der Waals surface area contributed by atoms with Crippen LogP contribution >= 0.6 is 0 Å². The van der Waals surface area contributed by atoms with Gasteiger partial charge in [-0.2, -0.15) is 4.99 Å². The number of likely N-dealkylation sites (N-methyl/N-ethyl adjacent to an activating group) is 2. The fraction of sp³-hybridized carbons (Fsp3) is 0.826. The van der Waals surface area contributed by atoms with E-state index in [0.717, 1.165) is 0 Å². The minimum Gasteiger partial charge on any atom is -0.497 e. The van der Waals surface area contributed by atoms with Crippen LogP contribution < -0.4 is 15.4 Å². The number of amidine groups is 1. The van der Waals surface area contributed by atoms with E-state index in [1.807, 2.05) is 57.0 Å². The summed E-state index contributed by atoms with van der Waals surface area (Å²) in [6.07, 6.45) is -7.03. The number of hydrogen-bond acceptors (Lipinski definition) is 16. The summed E-state index contributed by atoms with van der Waals surface area (Å²) in [4.78, 5) is 21.3. The maximum absolute atomic E-state index is 14.5. The van der Waals surface area contributed by atoms with Crippen molar-refractivity contribution in [1.29, 1.82) is 0 Å². The van der Waals surface area contributed by atoms with E-state index in [1.165, 1.54) is 14.0 Å². The number of aliphatic hydroxyl groups is 4. The fourth-order valence-corrected chi connectivity index (χ4v) is 10.2. The van der Waals surface area contributed by atoms with Crippen molar-refractivity contribution in [2.24, 2.45) is 22.7 Å². The standard InChI is InChI=1S/C46H78N4O13/c1-15-34-45(10,54)38(51)29(6)48-23-25(2)21-43(8,53)39(63-41-37-33(20-26(3)58-41)50(12)42(62-37)49-31-16-18-32(56-13)19-17-31)27(4)36(28(5)40(52)60-34)61-35-22-44(9,57-14)46(55,24-47-11)30(7)59-35/h16-19,25-30,33-39,41,47-48,51,53-55H,15,20-24H2,1-14H3/b49-42-/t25-,26-,27+,28-,29-,30+,33+,34-,35+,36+,37-,38-,39-,41+,43-,44-,45-,46+/m1/s1. The van der Waals surface area contributed by atoms with Gasteiger partial charge in [-0.15, -0.1) is 0 Å². The highest BCUT2D eigenvalue weighted by Gasteiger charge is 2.59. The van der Waals surface area contributed by atoms with Crippen LogP contribution in [0.1, 0.15) is 94.9 Å². The third-order valence-corrected chi connectivity index (χ3v) is 14.3. The molecule has 0 aromatic heterocycles. The molecule has 0 unspecified atom stereocenters. The van der Waals surface area contributed by atoms with Crippen LogP contribution in [0.3, 0.4) is 0 Å². The number of carbonyl (C=O) groups is 1. The van der Waals surface area contributed by atoms with Crippen molar-refractivity contribution in [2.75, 3.05) is 41.4 Å². The van der Waals surface area contributed by atoms with Crippen LogP contribution in [0.25, 0.3) is 0 Å². The van der Waals surface area contributed by atoms with Gasteiger partial charge in [0.2, 0.25) is 0 Å². The Bertz CT molecular complexity index is 1690. The van der Waals surface area contributed by atoms with Crippen LogP contribution in [0.5, 0.6) is 5.75 Å². The first-order valence-corrected chi connectivity index (χ1v) is 22.7. The number of aliphatic imine (C=N–C) groups is 1. The lowest BCUT2D eigenvalue weighted by Gasteiger charge is -2.53. The maximum atomic E-state index is 14.5. The molecule has 360 valence electrons. The van der Waals surface area contributed by atoms with E-state index >= 15 is 0 Å². The molecule has 0 amide bonds. The lowest BCUT2D eigenvalue weighted by molar-refractivity contribution is -0.335. The first kappa shape index (κ1) is 51.3. The van der Waals surface area contributed by atoms with Gasteiger partial charge in [0.1, 0.15) is 34.8 Å². The quantitative estimate of drug-likeness (QED) is 0.186. The molecule has 17 nitrogen and oxygen atoms in total. The molecule has 17 heteroatoms. The number of methoxy groups -OCH3 is 2. The van der Waals surface area contributed by atoms with Crippen molar-refractivity contribution in [3.8, 4) is 5.75 Å². The largest absolute Gasteiger partial charge is 0.497 e. The van der Waals surface area contributed by atoms with Gasteiger partial charge in [-0.3, -0.25) is 4.79 Å². The number of esters is 1. The SMILES string of the molecule is CC[C@H]1OC(=O)[C@H](C)[C@@H](O[C@H]2C[C@@](C)(OC)[C@](O)(CNC)[C@H](C)O2)[C@H](C)[C@@H](O[C@@H]2O[C@H](C)C[C@H]3[C@H]2O/C(=N\c2ccc(OC)cc2)N3C)[C@](C)(O)C[C@@H](C)CN[C@H](C)[C@@H](O)[C@]1(C)O. The highest BCUT2D eigenvalue weighted by atomic mass is 16.7. The molecule has 4 saturated heterocycles.